The van der Waals surface area contributed by atoms with E-state index in [4.69, 9.17) is 11.6 Å². The quantitative estimate of drug-likeness (QED) is 0.819. The molecule has 0 aliphatic rings. The second kappa shape index (κ2) is 4.02. The van der Waals surface area contributed by atoms with Crippen LogP contribution in [0.15, 0.2) is 18.2 Å². The first-order valence-electron chi connectivity index (χ1n) is 4.46. The maximum absolute atomic E-state index is 13.1. The lowest BCUT2D eigenvalue weighted by Crippen LogP contribution is -1.96. The third-order valence-corrected chi connectivity index (χ3v) is 2.39. The molecular weight excluding hydrogens is 233 g/mol. The Morgan fingerprint density at radius 2 is 2.19 bits per heavy atom. The van der Waals surface area contributed by atoms with E-state index in [2.05, 4.69) is 15.4 Å². The molecule has 0 aliphatic carbocycles. The van der Waals surface area contributed by atoms with E-state index in [1.165, 1.54) is 25.1 Å². The number of nitrogens with one attached hydrogen (secondary N) is 1. The number of halogens is 2. The van der Waals surface area contributed by atoms with Gasteiger partial charge >= 0.3 is 0 Å². The van der Waals surface area contributed by atoms with E-state index < -0.39 is 5.82 Å². The Labute approximate surface area is 95.4 Å². The summed E-state index contributed by atoms with van der Waals surface area (Å²) in [5.74, 6) is -0.707. The number of carbonyl (C=O) groups excluding carboxylic acids is 1. The Kier molecular flexibility index (Phi) is 2.70. The second-order valence-electron chi connectivity index (χ2n) is 3.20. The summed E-state index contributed by atoms with van der Waals surface area (Å²) in [4.78, 5) is 11.2. The first-order chi connectivity index (χ1) is 7.59. The number of aromatic nitrogens is 3. The van der Waals surface area contributed by atoms with E-state index in [0.29, 0.717) is 10.6 Å². The lowest BCUT2D eigenvalue weighted by atomic mass is 10.1. The molecule has 0 amide bonds. The van der Waals surface area contributed by atoms with Crippen molar-refractivity contribution in [3.05, 3.63) is 34.7 Å². The molecule has 0 atom stereocenters. The number of benzene rings is 1. The average Bonchev–Trinajstić information content (AvgIpc) is 2.70. The number of Topliss-reactive ketones (excluding diaryl/α,β-unsaturated/α-hetero) is 1. The van der Waals surface area contributed by atoms with E-state index in [1.807, 2.05) is 0 Å². The smallest absolute Gasteiger partial charge is 0.182 e. The van der Waals surface area contributed by atoms with Gasteiger partial charge in [0, 0.05) is 12.5 Å². The van der Waals surface area contributed by atoms with Crippen LogP contribution in [0.4, 0.5) is 4.39 Å². The Balaban J connectivity index is 2.62. The molecule has 0 aliphatic heterocycles. The summed E-state index contributed by atoms with van der Waals surface area (Å²) >= 11 is 5.90. The molecule has 2 aromatic rings. The van der Waals surface area contributed by atoms with Crippen LogP contribution in [-0.2, 0) is 0 Å². The van der Waals surface area contributed by atoms with Crippen molar-refractivity contribution < 1.29 is 9.18 Å². The van der Waals surface area contributed by atoms with Crippen molar-refractivity contribution in [2.24, 2.45) is 0 Å². The highest BCUT2D eigenvalue weighted by Gasteiger charge is 2.17. The number of ketones is 1. The molecule has 0 bridgehead atoms. The first-order valence-corrected chi connectivity index (χ1v) is 4.84. The summed E-state index contributed by atoms with van der Waals surface area (Å²) in [6.07, 6.45) is 0. The Morgan fingerprint density at radius 3 is 2.88 bits per heavy atom. The molecule has 0 spiro atoms. The molecule has 0 saturated carbocycles. The van der Waals surface area contributed by atoms with Crippen molar-refractivity contribution in [1.82, 2.24) is 15.4 Å². The third-order valence-electron chi connectivity index (χ3n) is 2.06. The van der Waals surface area contributed by atoms with Crippen molar-refractivity contribution in [2.45, 2.75) is 6.92 Å². The van der Waals surface area contributed by atoms with E-state index in [1.54, 1.807) is 0 Å². The molecule has 0 unspecified atom stereocenters. The zero-order chi connectivity index (χ0) is 11.7. The van der Waals surface area contributed by atoms with Crippen molar-refractivity contribution in [3.63, 3.8) is 0 Å². The van der Waals surface area contributed by atoms with E-state index in [-0.39, 0.29) is 17.2 Å². The summed E-state index contributed by atoms with van der Waals surface area (Å²) in [7, 11) is 0. The molecule has 82 valence electrons. The monoisotopic (exact) mass is 239 g/mol. The molecule has 2 rings (SSSR count). The molecule has 6 heteroatoms. The van der Waals surface area contributed by atoms with Crippen LogP contribution in [0.1, 0.15) is 17.4 Å². The first kappa shape index (κ1) is 10.8. The van der Waals surface area contributed by atoms with Crippen molar-refractivity contribution in [3.8, 4) is 11.3 Å². The van der Waals surface area contributed by atoms with Gasteiger partial charge < -0.3 is 0 Å². The van der Waals surface area contributed by atoms with Gasteiger partial charge in [0.05, 0.1) is 5.02 Å². The van der Waals surface area contributed by atoms with E-state index in [0.717, 1.165) is 0 Å². The summed E-state index contributed by atoms with van der Waals surface area (Å²) in [6.45, 7) is 1.36. The molecule has 0 saturated heterocycles. The number of aromatic amines is 1. The van der Waals surface area contributed by atoms with Crippen LogP contribution < -0.4 is 0 Å². The molecule has 0 radical (unpaired) electrons. The Hall–Kier alpha value is -1.75. The minimum atomic E-state index is -0.447. The van der Waals surface area contributed by atoms with Gasteiger partial charge in [0.25, 0.3) is 0 Å². The van der Waals surface area contributed by atoms with Crippen LogP contribution in [0, 0.1) is 5.82 Å². The number of nitrogens with zero attached hydrogens (tertiary/aromatic N) is 2. The van der Waals surface area contributed by atoms with E-state index in [9.17, 15) is 9.18 Å². The fourth-order valence-corrected chi connectivity index (χ4v) is 1.55. The van der Waals surface area contributed by atoms with Crippen molar-refractivity contribution in [1.29, 1.82) is 0 Å². The molecule has 1 N–H and O–H groups in total. The summed E-state index contributed by atoms with van der Waals surface area (Å²) < 4.78 is 13.1. The Bertz CT molecular complexity index is 553. The number of carbonyl (C=O) groups is 1. The molecule has 0 fully saturated rings. The van der Waals surface area contributed by atoms with Gasteiger partial charge in [0.2, 0.25) is 0 Å². The maximum Gasteiger partial charge on any atom is 0.182 e. The van der Waals surface area contributed by atoms with Gasteiger partial charge in [-0.3, -0.25) is 4.79 Å². The van der Waals surface area contributed by atoms with Gasteiger partial charge in [-0.15, -0.1) is 0 Å². The number of hydrogen-bond donors (Lipinski definition) is 1. The highest BCUT2D eigenvalue weighted by molar-refractivity contribution is 6.33. The molecule has 1 heterocycles. The highest BCUT2D eigenvalue weighted by atomic mass is 35.5. The van der Waals surface area contributed by atoms with Crippen LogP contribution in [0.2, 0.25) is 5.02 Å². The number of rotatable bonds is 2. The highest BCUT2D eigenvalue weighted by Crippen LogP contribution is 2.28. The van der Waals surface area contributed by atoms with Crippen molar-refractivity contribution >= 4 is 17.4 Å². The molecule has 16 heavy (non-hydrogen) atoms. The standard InChI is InChI=1S/C10H7ClFN3O/c1-5(16)9-10(14-15-13-9)7-4-6(12)2-3-8(7)11/h2-4H,1H3,(H,13,14,15). The predicted molar refractivity (Wildman–Crippen MR) is 56.8 cm³/mol. The van der Waals surface area contributed by atoms with Crippen LogP contribution in [0.3, 0.4) is 0 Å². The fraction of sp³-hybridized carbons (Fsp3) is 0.100. The summed E-state index contributed by atoms with van der Waals surface area (Å²) in [5.41, 5.74) is 0.755. The summed E-state index contributed by atoms with van der Waals surface area (Å²) in [5, 5.41) is 10.1. The topological polar surface area (TPSA) is 58.6 Å². The maximum atomic E-state index is 13.1. The zero-order valence-electron chi connectivity index (χ0n) is 8.29. The normalized spacial score (nSPS) is 10.4. The number of hydrogen-bond acceptors (Lipinski definition) is 3. The molecule has 1 aromatic heterocycles. The third kappa shape index (κ3) is 1.81. The van der Waals surface area contributed by atoms with Gasteiger partial charge in [-0.05, 0) is 18.2 Å². The van der Waals surface area contributed by atoms with Crippen LogP contribution >= 0.6 is 11.6 Å². The van der Waals surface area contributed by atoms with Gasteiger partial charge in [-0.25, -0.2) is 4.39 Å². The van der Waals surface area contributed by atoms with Gasteiger partial charge in [0.1, 0.15) is 11.5 Å². The lowest BCUT2D eigenvalue weighted by Gasteiger charge is -2.01. The minimum absolute atomic E-state index is 0.146. The molecule has 4 nitrogen and oxygen atoms in total. The average molecular weight is 240 g/mol. The van der Waals surface area contributed by atoms with Gasteiger partial charge in [0.15, 0.2) is 11.5 Å². The van der Waals surface area contributed by atoms with Crippen LogP contribution in [0.5, 0.6) is 0 Å². The SMILES string of the molecule is CC(=O)c1n[nH]nc1-c1cc(F)ccc1Cl. The fourth-order valence-electron chi connectivity index (χ4n) is 1.34. The van der Waals surface area contributed by atoms with Crippen LogP contribution in [0.25, 0.3) is 11.3 Å². The van der Waals surface area contributed by atoms with Crippen molar-refractivity contribution in [2.75, 3.05) is 0 Å². The van der Waals surface area contributed by atoms with Gasteiger partial charge in [-0.1, -0.05) is 11.6 Å². The Morgan fingerprint density at radius 1 is 1.44 bits per heavy atom. The predicted octanol–water partition coefficient (Wildman–Crippen LogP) is 2.47. The second-order valence-corrected chi connectivity index (χ2v) is 3.61. The minimum Gasteiger partial charge on any atom is -0.293 e. The zero-order valence-corrected chi connectivity index (χ0v) is 9.05. The number of H-pyrrole nitrogens is 1. The van der Waals surface area contributed by atoms with Crippen LogP contribution in [-0.4, -0.2) is 21.2 Å². The molecular formula is C10H7ClFN3O. The molecule has 1 aromatic carbocycles. The summed E-state index contributed by atoms with van der Waals surface area (Å²) in [6, 6.07) is 3.86. The lowest BCUT2D eigenvalue weighted by molar-refractivity contribution is 0.101. The largest absolute Gasteiger partial charge is 0.293 e. The van der Waals surface area contributed by atoms with Gasteiger partial charge in [-0.2, -0.15) is 15.4 Å². The van der Waals surface area contributed by atoms with E-state index >= 15 is 0 Å².